The summed E-state index contributed by atoms with van der Waals surface area (Å²) in [6.45, 7) is 10.3. The zero-order valence-corrected chi connectivity index (χ0v) is 23.6. The van der Waals surface area contributed by atoms with Crippen LogP contribution in [0.5, 0.6) is 5.88 Å². The van der Waals surface area contributed by atoms with Crippen LogP contribution >= 0.6 is 0 Å². The van der Waals surface area contributed by atoms with E-state index in [1.54, 1.807) is 20.1 Å². The van der Waals surface area contributed by atoms with E-state index in [1.165, 1.54) is 6.07 Å². The van der Waals surface area contributed by atoms with Crippen LogP contribution in [0.3, 0.4) is 0 Å². The number of piperidine rings is 1. The molecule has 7 nitrogen and oxygen atoms in total. The van der Waals surface area contributed by atoms with Crippen molar-refractivity contribution in [2.24, 2.45) is 0 Å². The lowest BCUT2D eigenvalue weighted by atomic mass is 9.88. The summed E-state index contributed by atoms with van der Waals surface area (Å²) in [7, 11) is 1.66. The van der Waals surface area contributed by atoms with Gasteiger partial charge < -0.3 is 19.7 Å². The van der Waals surface area contributed by atoms with Crippen molar-refractivity contribution in [1.29, 1.82) is 0 Å². The zero-order chi connectivity index (χ0) is 27.7. The van der Waals surface area contributed by atoms with E-state index in [2.05, 4.69) is 21.3 Å². The van der Waals surface area contributed by atoms with E-state index in [0.29, 0.717) is 40.7 Å². The fourth-order valence-electron chi connectivity index (χ4n) is 6.24. The fraction of sp³-hybridized carbons (Fsp3) is 0.567. The Bertz CT molecular complexity index is 1310. The molecule has 9 heteroatoms. The minimum Gasteiger partial charge on any atom is -0.481 e. The van der Waals surface area contributed by atoms with E-state index in [-0.39, 0.29) is 11.6 Å². The van der Waals surface area contributed by atoms with E-state index in [1.807, 2.05) is 19.9 Å². The first-order valence-corrected chi connectivity index (χ1v) is 13.9. The Labute approximate surface area is 229 Å². The summed E-state index contributed by atoms with van der Waals surface area (Å²) in [5.41, 5.74) is 3.06. The van der Waals surface area contributed by atoms with Gasteiger partial charge in [0.15, 0.2) is 5.65 Å². The number of rotatable bonds is 7. The Hall–Kier alpha value is -2.91. The molecule has 1 aromatic carbocycles. The van der Waals surface area contributed by atoms with E-state index in [9.17, 15) is 8.78 Å². The van der Waals surface area contributed by atoms with E-state index >= 15 is 0 Å². The number of alkyl halides is 2. The predicted molar refractivity (Wildman–Crippen MR) is 149 cm³/mol. The lowest BCUT2D eigenvalue weighted by Crippen LogP contribution is -2.43. The summed E-state index contributed by atoms with van der Waals surface area (Å²) in [4.78, 5) is 16.7. The average molecular weight is 540 g/mol. The molecule has 0 spiro atoms. The van der Waals surface area contributed by atoms with Crippen molar-refractivity contribution >= 4 is 16.9 Å². The molecule has 2 saturated heterocycles. The van der Waals surface area contributed by atoms with E-state index in [4.69, 9.17) is 19.4 Å². The molecule has 0 radical (unpaired) electrons. The maximum Gasteiger partial charge on any atom is 0.270 e. The van der Waals surface area contributed by atoms with Gasteiger partial charge in [-0.05, 0) is 82.7 Å². The van der Waals surface area contributed by atoms with Crippen LogP contribution in [0.4, 0.5) is 14.6 Å². The third-order valence-electron chi connectivity index (χ3n) is 8.33. The molecule has 210 valence electrons. The van der Waals surface area contributed by atoms with Gasteiger partial charge in [-0.15, -0.1) is 0 Å². The van der Waals surface area contributed by atoms with Crippen LogP contribution in [0.1, 0.15) is 79.6 Å². The predicted octanol–water partition coefficient (Wildman–Crippen LogP) is 6.29. The van der Waals surface area contributed by atoms with Crippen molar-refractivity contribution in [1.82, 2.24) is 19.9 Å². The highest BCUT2D eigenvalue weighted by molar-refractivity contribution is 5.88. The number of halogens is 2. The van der Waals surface area contributed by atoms with Crippen molar-refractivity contribution in [2.45, 2.75) is 77.3 Å². The van der Waals surface area contributed by atoms with Crippen LogP contribution in [-0.4, -0.2) is 59.3 Å². The number of benzene rings is 1. The number of anilines is 1. The number of fused-ring (bicyclic) bond motifs is 1. The van der Waals surface area contributed by atoms with Crippen molar-refractivity contribution in [3.63, 3.8) is 0 Å². The Balaban J connectivity index is 1.44. The summed E-state index contributed by atoms with van der Waals surface area (Å²) < 4.78 is 39.7. The summed E-state index contributed by atoms with van der Waals surface area (Å²) in [5.74, 6) is -0.750. The van der Waals surface area contributed by atoms with Crippen LogP contribution in [0, 0.1) is 13.8 Å². The van der Waals surface area contributed by atoms with E-state index < -0.39 is 5.92 Å². The van der Waals surface area contributed by atoms with Crippen LogP contribution in [-0.2, 0) is 10.7 Å². The smallest absolute Gasteiger partial charge is 0.270 e. The molecule has 2 fully saturated rings. The normalized spacial score (nSPS) is 18.8. The molecule has 0 bridgehead atoms. The Kier molecular flexibility index (Phi) is 8.01. The Morgan fingerprint density at radius 1 is 1.08 bits per heavy atom. The molecule has 2 aliphatic rings. The highest BCUT2D eigenvalue weighted by Crippen LogP contribution is 2.38. The zero-order valence-electron chi connectivity index (χ0n) is 23.6. The number of nitrogens with one attached hydrogen (secondary N) is 1. The summed E-state index contributed by atoms with van der Waals surface area (Å²) >= 11 is 0. The molecule has 0 unspecified atom stereocenters. The van der Waals surface area contributed by atoms with Gasteiger partial charge in [0, 0.05) is 37.3 Å². The fourth-order valence-corrected chi connectivity index (χ4v) is 6.24. The summed E-state index contributed by atoms with van der Waals surface area (Å²) in [6.07, 6.45) is 4.27. The molecule has 0 aliphatic carbocycles. The largest absolute Gasteiger partial charge is 0.481 e. The second-order valence-electron chi connectivity index (χ2n) is 11.0. The topological polar surface area (TPSA) is 72.4 Å². The summed E-state index contributed by atoms with van der Waals surface area (Å²) in [6, 6.07) is 7.54. The third-order valence-corrected chi connectivity index (χ3v) is 8.33. The second-order valence-corrected chi connectivity index (χ2v) is 11.0. The number of hydrogen-bond donors (Lipinski definition) is 1. The average Bonchev–Trinajstić information content (AvgIpc) is 2.92. The lowest BCUT2D eigenvalue weighted by molar-refractivity contribution is 0.0167. The SMILES string of the molecule is COc1nc2nc(C)nc(N[C@H](C)c3cccc(C(C)(F)F)c3C)c2cc1C1CCN(C2CCOCC2)CC1. The first kappa shape index (κ1) is 27.6. The van der Waals surface area contributed by atoms with Crippen molar-refractivity contribution in [2.75, 3.05) is 38.7 Å². The van der Waals surface area contributed by atoms with Crippen molar-refractivity contribution < 1.29 is 18.3 Å². The van der Waals surface area contributed by atoms with Crippen LogP contribution < -0.4 is 10.1 Å². The second kappa shape index (κ2) is 11.3. The van der Waals surface area contributed by atoms with Crippen LogP contribution in [0.2, 0.25) is 0 Å². The van der Waals surface area contributed by atoms with Gasteiger partial charge in [-0.2, -0.15) is 4.98 Å². The first-order valence-electron chi connectivity index (χ1n) is 13.9. The molecule has 2 aliphatic heterocycles. The monoisotopic (exact) mass is 539 g/mol. The first-order chi connectivity index (χ1) is 18.7. The number of aryl methyl sites for hydroxylation is 1. The molecule has 39 heavy (non-hydrogen) atoms. The molecule has 1 N–H and O–H groups in total. The van der Waals surface area contributed by atoms with Gasteiger partial charge in [-0.1, -0.05) is 18.2 Å². The minimum atomic E-state index is -2.91. The van der Waals surface area contributed by atoms with Gasteiger partial charge in [0.05, 0.1) is 18.5 Å². The molecule has 5 rings (SSSR count). The molecule has 3 aromatic rings. The number of likely N-dealkylation sites (tertiary alicyclic amines) is 1. The summed E-state index contributed by atoms with van der Waals surface area (Å²) in [5, 5.41) is 4.29. The molecule has 2 aromatic heterocycles. The quantitative estimate of drug-likeness (QED) is 0.378. The molecular formula is C30H39F2N5O2. The molecular weight excluding hydrogens is 500 g/mol. The lowest BCUT2D eigenvalue weighted by Gasteiger charge is -2.39. The van der Waals surface area contributed by atoms with Gasteiger partial charge in [0.1, 0.15) is 11.6 Å². The van der Waals surface area contributed by atoms with E-state index in [0.717, 1.165) is 75.4 Å². The van der Waals surface area contributed by atoms with Crippen LogP contribution in [0.25, 0.3) is 11.0 Å². The maximum atomic E-state index is 14.2. The maximum absolute atomic E-state index is 14.2. The van der Waals surface area contributed by atoms with Crippen molar-refractivity contribution in [3.8, 4) is 5.88 Å². The Morgan fingerprint density at radius 2 is 1.79 bits per heavy atom. The number of hydrogen-bond acceptors (Lipinski definition) is 7. The third kappa shape index (κ3) is 5.84. The Morgan fingerprint density at radius 3 is 2.46 bits per heavy atom. The number of aromatic nitrogens is 3. The minimum absolute atomic E-state index is 0.0400. The van der Waals surface area contributed by atoms with Gasteiger partial charge in [0.2, 0.25) is 5.88 Å². The number of ether oxygens (including phenoxy) is 2. The van der Waals surface area contributed by atoms with Gasteiger partial charge >= 0.3 is 0 Å². The van der Waals surface area contributed by atoms with Gasteiger partial charge in [0.25, 0.3) is 5.92 Å². The number of pyridine rings is 1. The standard InChI is InChI=1S/C30H39F2N5O2/c1-18-23(7-6-8-26(18)30(4,31)32)19(2)33-27-25-17-24(29(38-5)36-28(25)35-20(3)34-27)21-9-13-37(14-10-21)22-11-15-39-16-12-22/h6-8,17,19,21-22H,9-16H2,1-5H3,(H,33,34,35,36)/t19-/m1/s1. The highest BCUT2D eigenvalue weighted by atomic mass is 19.3. The van der Waals surface area contributed by atoms with Crippen molar-refractivity contribution in [3.05, 3.63) is 52.3 Å². The highest BCUT2D eigenvalue weighted by Gasteiger charge is 2.30. The van der Waals surface area contributed by atoms with Gasteiger partial charge in [-0.3, -0.25) is 0 Å². The molecule has 1 atom stereocenters. The number of methoxy groups -OCH3 is 1. The molecule has 4 heterocycles. The van der Waals surface area contributed by atoms with Gasteiger partial charge in [-0.25, -0.2) is 18.7 Å². The number of nitrogens with zero attached hydrogens (tertiary/aromatic N) is 4. The van der Waals surface area contributed by atoms with Crippen LogP contribution in [0.15, 0.2) is 24.3 Å². The molecule has 0 amide bonds. The molecule has 0 saturated carbocycles.